The highest BCUT2D eigenvalue weighted by Gasteiger charge is 2.49. The number of halogens is 3. The molecule has 0 spiro atoms. The van der Waals surface area contributed by atoms with E-state index in [-0.39, 0.29) is 30.8 Å². The second-order valence-electron chi connectivity index (χ2n) is 9.25. The highest BCUT2D eigenvalue weighted by Crippen LogP contribution is 2.50. The van der Waals surface area contributed by atoms with Crippen molar-refractivity contribution in [2.75, 3.05) is 6.61 Å². The van der Waals surface area contributed by atoms with Crippen molar-refractivity contribution in [1.29, 1.82) is 0 Å². The van der Waals surface area contributed by atoms with Crippen LogP contribution in [0.15, 0.2) is 18.3 Å². The summed E-state index contributed by atoms with van der Waals surface area (Å²) in [6.45, 7) is 6.21. The van der Waals surface area contributed by atoms with Crippen LogP contribution in [0.5, 0.6) is 0 Å². The smallest absolute Gasteiger partial charge is 0.373 e. The zero-order valence-corrected chi connectivity index (χ0v) is 18.9. The van der Waals surface area contributed by atoms with Gasteiger partial charge >= 0.3 is 6.18 Å². The fourth-order valence-electron chi connectivity index (χ4n) is 4.76. The van der Waals surface area contributed by atoms with Crippen LogP contribution in [0.2, 0.25) is 0 Å². The van der Waals surface area contributed by atoms with Gasteiger partial charge in [-0.3, -0.25) is 4.98 Å². The Labute approximate surface area is 190 Å². The molecule has 0 N–H and O–H groups in total. The minimum absolute atomic E-state index is 0.0299. The summed E-state index contributed by atoms with van der Waals surface area (Å²) in [7, 11) is 0. The standard InChI is InChI=1S/C24H26F3N5O/c1-12-8-15(4-6-28-12)19-11-16(5-7-33-19)22-31-20(17-9-18(10-17)24(25,26)27)21-23(32-22)30-14(3)13(2)29-21/h4,6,8,16-19H,5,7,9-11H2,1-3H3/t16-,17-,18+,19+/m0/s1. The van der Waals surface area contributed by atoms with Crippen LogP contribution in [0.4, 0.5) is 13.2 Å². The number of aryl methyl sites for hydroxylation is 3. The fraction of sp³-hybridized carbons (Fsp3) is 0.542. The van der Waals surface area contributed by atoms with E-state index in [1.165, 1.54) is 0 Å². The molecule has 0 bridgehead atoms. The van der Waals surface area contributed by atoms with Crippen molar-refractivity contribution >= 4 is 11.2 Å². The molecule has 4 heterocycles. The number of rotatable bonds is 3. The molecule has 3 aromatic rings. The molecular formula is C24H26F3N5O. The third-order valence-electron chi connectivity index (χ3n) is 6.92. The molecule has 2 aliphatic rings. The molecule has 174 valence electrons. The second kappa shape index (κ2) is 8.27. The Morgan fingerprint density at radius 1 is 0.939 bits per heavy atom. The molecule has 1 aliphatic carbocycles. The van der Waals surface area contributed by atoms with E-state index in [0.717, 1.165) is 29.1 Å². The zero-order valence-electron chi connectivity index (χ0n) is 18.9. The molecular weight excluding hydrogens is 431 g/mol. The van der Waals surface area contributed by atoms with Crippen LogP contribution in [-0.4, -0.2) is 37.7 Å². The minimum atomic E-state index is -4.17. The number of fused-ring (bicyclic) bond motifs is 1. The Hall–Kier alpha value is -2.68. The Bertz CT molecular complexity index is 1190. The van der Waals surface area contributed by atoms with E-state index in [4.69, 9.17) is 14.7 Å². The first-order valence-electron chi connectivity index (χ1n) is 11.3. The van der Waals surface area contributed by atoms with Crippen LogP contribution in [0.3, 0.4) is 0 Å². The molecule has 33 heavy (non-hydrogen) atoms. The third kappa shape index (κ3) is 4.30. The molecule has 0 amide bonds. The van der Waals surface area contributed by atoms with Crippen LogP contribution in [0, 0.1) is 26.7 Å². The Morgan fingerprint density at radius 2 is 1.70 bits per heavy atom. The largest absolute Gasteiger partial charge is 0.391 e. The fourth-order valence-corrected chi connectivity index (χ4v) is 4.76. The summed E-state index contributed by atoms with van der Waals surface area (Å²) in [4.78, 5) is 23.1. The van der Waals surface area contributed by atoms with Gasteiger partial charge in [-0.05, 0) is 64.2 Å². The molecule has 5 rings (SSSR count). The first kappa shape index (κ1) is 22.1. The SMILES string of the molecule is Cc1cc([C@H]2C[C@@H](c3nc4nc(C)c(C)nc4c([C@H]4C[C@@H](C(F)(F)F)C4)n3)CCO2)ccn1. The van der Waals surface area contributed by atoms with Gasteiger partial charge in [0.1, 0.15) is 11.3 Å². The van der Waals surface area contributed by atoms with E-state index in [2.05, 4.69) is 15.0 Å². The number of nitrogens with zero attached hydrogens (tertiary/aromatic N) is 5. The highest BCUT2D eigenvalue weighted by atomic mass is 19.4. The maximum absolute atomic E-state index is 13.1. The Balaban J connectivity index is 1.50. The van der Waals surface area contributed by atoms with Gasteiger partial charge in [-0.2, -0.15) is 13.2 Å². The molecule has 1 saturated heterocycles. The lowest BCUT2D eigenvalue weighted by atomic mass is 9.72. The number of pyridine rings is 1. The molecule has 0 unspecified atom stereocenters. The molecule has 0 aromatic carbocycles. The molecule has 6 nitrogen and oxygen atoms in total. The Kier molecular flexibility index (Phi) is 5.55. The van der Waals surface area contributed by atoms with Gasteiger partial charge in [0.15, 0.2) is 5.65 Å². The number of hydrogen-bond donors (Lipinski definition) is 0. The topological polar surface area (TPSA) is 73.7 Å². The van der Waals surface area contributed by atoms with E-state index in [1.807, 2.05) is 32.9 Å². The molecule has 1 saturated carbocycles. The van der Waals surface area contributed by atoms with Gasteiger partial charge in [0, 0.05) is 30.3 Å². The monoisotopic (exact) mass is 457 g/mol. The normalized spacial score (nSPS) is 25.8. The average molecular weight is 458 g/mol. The van der Waals surface area contributed by atoms with Crippen molar-refractivity contribution in [1.82, 2.24) is 24.9 Å². The molecule has 1 aliphatic heterocycles. The predicted octanol–water partition coefficient (Wildman–Crippen LogP) is 5.43. The lowest BCUT2D eigenvalue weighted by Gasteiger charge is -2.36. The van der Waals surface area contributed by atoms with E-state index in [9.17, 15) is 13.2 Å². The summed E-state index contributed by atoms with van der Waals surface area (Å²) in [5.41, 5.74) is 5.09. The summed E-state index contributed by atoms with van der Waals surface area (Å²) in [5.74, 6) is -0.902. The number of aromatic nitrogens is 5. The van der Waals surface area contributed by atoms with Crippen molar-refractivity contribution < 1.29 is 17.9 Å². The first-order chi connectivity index (χ1) is 15.7. The number of hydrogen-bond acceptors (Lipinski definition) is 6. The maximum atomic E-state index is 13.1. The van der Waals surface area contributed by atoms with E-state index >= 15 is 0 Å². The van der Waals surface area contributed by atoms with E-state index in [1.54, 1.807) is 6.20 Å². The summed E-state index contributed by atoms with van der Waals surface area (Å²) >= 11 is 0. The van der Waals surface area contributed by atoms with Gasteiger partial charge in [0.2, 0.25) is 0 Å². The van der Waals surface area contributed by atoms with Crippen molar-refractivity contribution in [2.45, 2.75) is 70.6 Å². The van der Waals surface area contributed by atoms with Crippen molar-refractivity contribution in [2.24, 2.45) is 5.92 Å². The van der Waals surface area contributed by atoms with Crippen LogP contribution >= 0.6 is 0 Å². The number of ether oxygens (including phenoxy) is 1. The first-order valence-corrected chi connectivity index (χ1v) is 11.3. The molecule has 2 fully saturated rings. The van der Waals surface area contributed by atoms with Gasteiger partial charge < -0.3 is 4.74 Å². The second-order valence-corrected chi connectivity index (χ2v) is 9.25. The summed E-state index contributed by atoms with van der Waals surface area (Å²) in [5, 5.41) is 0. The van der Waals surface area contributed by atoms with Gasteiger partial charge in [0.25, 0.3) is 0 Å². The van der Waals surface area contributed by atoms with E-state index < -0.39 is 12.1 Å². The lowest BCUT2D eigenvalue weighted by molar-refractivity contribution is -0.197. The van der Waals surface area contributed by atoms with Crippen LogP contribution in [0.1, 0.15) is 77.8 Å². The zero-order chi connectivity index (χ0) is 23.3. The molecule has 0 radical (unpaired) electrons. The number of alkyl halides is 3. The van der Waals surface area contributed by atoms with Gasteiger partial charge in [-0.15, -0.1) is 0 Å². The minimum Gasteiger partial charge on any atom is -0.373 e. The summed E-state index contributed by atoms with van der Waals surface area (Å²) in [6.07, 6.45) is -0.972. The maximum Gasteiger partial charge on any atom is 0.391 e. The molecule has 3 aromatic heterocycles. The van der Waals surface area contributed by atoms with E-state index in [0.29, 0.717) is 35.7 Å². The predicted molar refractivity (Wildman–Crippen MR) is 116 cm³/mol. The lowest BCUT2D eigenvalue weighted by Crippen LogP contribution is -2.35. The van der Waals surface area contributed by atoms with Gasteiger partial charge in [-0.25, -0.2) is 19.9 Å². The van der Waals surface area contributed by atoms with Crippen molar-refractivity contribution in [3.63, 3.8) is 0 Å². The van der Waals surface area contributed by atoms with Crippen LogP contribution in [-0.2, 0) is 4.74 Å². The van der Waals surface area contributed by atoms with Gasteiger partial charge in [-0.1, -0.05) is 0 Å². The summed E-state index contributed by atoms with van der Waals surface area (Å²) < 4.78 is 45.5. The molecule has 9 heteroatoms. The average Bonchev–Trinajstić information content (AvgIpc) is 2.73. The Morgan fingerprint density at radius 3 is 2.42 bits per heavy atom. The van der Waals surface area contributed by atoms with Crippen LogP contribution in [0.25, 0.3) is 11.2 Å². The van der Waals surface area contributed by atoms with Gasteiger partial charge in [0.05, 0.1) is 29.1 Å². The molecule has 2 atom stereocenters. The van der Waals surface area contributed by atoms with Crippen LogP contribution < -0.4 is 0 Å². The van der Waals surface area contributed by atoms with Crippen molar-refractivity contribution in [3.05, 3.63) is 52.5 Å². The highest BCUT2D eigenvalue weighted by molar-refractivity contribution is 5.73. The summed E-state index contributed by atoms with van der Waals surface area (Å²) in [6, 6.07) is 3.97. The quantitative estimate of drug-likeness (QED) is 0.522. The third-order valence-corrected chi connectivity index (χ3v) is 6.92. The van der Waals surface area contributed by atoms with Crippen molar-refractivity contribution in [3.8, 4) is 0 Å².